The van der Waals surface area contributed by atoms with Crippen LogP contribution in [0.25, 0.3) is 5.57 Å². The lowest BCUT2D eigenvalue weighted by Gasteiger charge is -2.22. The first-order chi connectivity index (χ1) is 15.2. The lowest BCUT2D eigenvalue weighted by Crippen LogP contribution is -2.34. The number of hydrogen-bond acceptors (Lipinski definition) is 3. The van der Waals surface area contributed by atoms with E-state index in [9.17, 15) is 22.8 Å². The van der Waals surface area contributed by atoms with Crippen LogP contribution in [0.1, 0.15) is 11.1 Å². The molecule has 0 spiro atoms. The molecule has 0 aromatic heterocycles. The molecule has 1 heterocycles. The standard InChI is InChI=1S/C24H16ClF3N2O2/c1-29(18-7-3-2-4-8-18)21-20(15-10-12-17(25)13-11-15)22(31)30(23(21)32)19-9-5-6-16(14-19)24(26,27)28/h2-14H,1H3. The highest BCUT2D eigenvalue weighted by molar-refractivity contribution is 6.46. The fraction of sp³-hybridized carbons (Fsp3) is 0.0833. The van der Waals surface area contributed by atoms with E-state index in [1.807, 2.05) is 6.07 Å². The minimum absolute atomic E-state index is 0.0564. The maximum absolute atomic E-state index is 13.4. The fourth-order valence-electron chi connectivity index (χ4n) is 3.54. The number of amides is 2. The Hall–Kier alpha value is -3.58. The number of hydrogen-bond donors (Lipinski definition) is 0. The topological polar surface area (TPSA) is 40.6 Å². The van der Waals surface area contributed by atoms with Gasteiger partial charge in [-0.15, -0.1) is 0 Å². The van der Waals surface area contributed by atoms with Crippen molar-refractivity contribution in [3.63, 3.8) is 0 Å². The van der Waals surface area contributed by atoms with Gasteiger partial charge in [-0.25, -0.2) is 4.90 Å². The Morgan fingerprint density at radius 2 is 1.50 bits per heavy atom. The molecular formula is C24H16ClF3N2O2. The van der Waals surface area contributed by atoms with Crippen molar-refractivity contribution in [2.75, 3.05) is 16.8 Å². The average molecular weight is 457 g/mol. The van der Waals surface area contributed by atoms with Crippen LogP contribution in [0.2, 0.25) is 5.02 Å². The van der Waals surface area contributed by atoms with Gasteiger partial charge in [0.25, 0.3) is 11.8 Å². The van der Waals surface area contributed by atoms with E-state index < -0.39 is 23.6 Å². The molecule has 8 heteroatoms. The first-order valence-electron chi connectivity index (χ1n) is 9.53. The van der Waals surface area contributed by atoms with Gasteiger partial charge in [-0.1, -0.05) is 48.0 Å². The Bertz CT molecular complexity index is 1220. The number of likely N-dealkylation sites (N-methyl/N-ethyl adjacent to an activating group) is 1. The van der Waals surface area contributed by atoms with Gasteiger partial charge < -0.3 is 4.90 Å². The lowest BCUT2D eigenvalue weighted by atomic mass is 10.0. The summed E-state index contributed by atoms with van der Waals surface area (Å²) in [6.07, 6.45) is -4.61. The van der Waals surface area contributed by atoms with Gasteiger partial charge in [0.1, 0.15) is 5.70 Å². The van der Waals surface area contributed by atoms with Crippen molar-refractivity contribution in [3.05, 3.63) is 101 Å². The number of imide groups is 1. The number of rotatable bonds is 4. The summed E-state index contributed by atoms with van der Waals surface area (Å²) in [5, 5.41) is 0.443. The first-order valence-corrected chi connectivity index (χ1v) is 9.91. The number of alkyl halides is 3. The zero-order valence-corrected chi connectivity index (χ0v) is 17.5. The fourth-order valence-corrected chi connectivity index (χ4v) is 3.67. The number of para-hydroxylation sites is 1. The van der Waals surface area contributed by atoms with E-state index in [2.05, 4.69) is 0 Å². The minimum atomic E-state index is -4.61. The Morgan fingerprint density at radius 1 is 0.844 bits per heavy atom. The summed E-state index contributed by atoms with van der Waals surface area (Å²) in [4.78, 5) is 29.2. The van der Waals surface area contributed by atoms with Gasteiger partial charge in [-0.05, 0) is 48.0 Å². The summed E-state index contributed by atoms with van der Waals surface area (Å²) in [7, 11) is 1.63. The number of carbonyl (C=O) groups is 2. The Balaban J connectivity index is 1.86. The van der Waals surface area contributed by atoms with E-state index >= 15 is 0 Å². The van der Waals surface area contributed by atoms with E-state index in [4.69, 9.17) is 11.6 Å². The first kappa shape index (κ1) is 21.6. The van der Waals surface area contributed by atoms with Crippen molar-refractivity contribution in [2.24, 2.45) is 0 Å². The predicted octanol–water partition coefficient (Wildman–Crippen LogP) is 5.78. The second kappa shape index (κ2) is 8.16. The van der Waals surface area contributed by atoms with Crippen molar-refractivity contribution in [1.29, 1.82) is 0 Å². The molecule has 0 unspecified atom stereocenters. The lowest BCUT2D eigenvalue weighted by molar-refractivity contribution is -0.137. The Morgan fingerprint density at radius 3 is 2.12 bits per heavy atom. The minimum Gasteiger partial charge on any atom is -0.339 e. The van der Waals surface area contributed by atoms with Gasteiger partial charge in [0.15, 0.2) is 0 Å². The van der Waals surface area contributed by atoms with Gasteiger partial charge in [-0.2, -0.15) is 13.2 Å². The molecule has 4 nitrogen and oxygen atoms in total. The van der Waals surface area contributed by atoms with E-state index in [0.717, 1.165) is 17.0 Å². The molecule has 3 aromatic rings. The molecule has 0 saturated heterocycles. The predicted molar refractivity (Wildman–Crippen MR) is 117 cm³/mol. The van der Waals surface area contributed by atoms with Crippen LogP contribution in [-0.4, -0.2) is 18.9 Å². The normalized spacial score (nSPS) is 14.3. The number of halogens is 4. The molecule has 4 rings (SSSR count). The summed E-state index contributed by atoms with van der Waals surface area (Å²) in [6.45, 7) is 0. The van der Waals surface area contributed by atoms with Crippen LogP contribution < -0.4 is 9.80 Å². The van der Waals surface area contributed by atoms with Crippen molar-refractivity contribution in [3.8, 4) is 0 Å². The zero-order valence-electron chi connectivity index (χ0n) is 16.7. The van der Waals surface area contributed by atoms with Gasteiger partial charge in [0, 0.05) is 17.8 Å². The van der Waals surface area contributed by atoms with Gasteiger partial charge >= 0.3 is 6.18 Å². The van der Waals surface area contributed by atoms with Gasteiger partial charge in [0.2, 0.25) is 0 Å². The second-order valence-electron chi connectivity index (χ2n) is 7.12. The van der Waals surface area contributed by atoms with E-state index in [0.29, 0.717) is 16.3 Å². The largest absolute Gasteiger partial charge is 0.416 e. The monoisotopic (exact) mass is 456 g/mol. The van der Waals surface area contributed by atoms with Crippen LogP contribution in [0.15, 0.2) is 84.6 Å². The SMILES string of the molecule is CN(C1=C(c2ccc(Cl)cc2)C(=O)N(c2cccc(C(F)(F)F)c2)C1=O)c1ccccc1. The molecule has 0 N–H and O–H groups in total. The third-order valence-corrected chi connectivity index (χ3v) is 5.35. The summed E-state index contributed by atoms with van der Waals surface area (Å²) in [6, 6.07) is 19.4. The van der Waals surface area contributed by atoms with Crippen LogP contribution in [0.4, 0.5) is 24.5 Å². The number of anilines is 2. The molecule has 0 fully saturated rings. The summed E-state index contributed by atoms with van der Waals surface area (Å²) in [5.74, 6) is -1.43. The molecule has 162 valence electrons. The van der Waals surface area contributed by atoms with Crippen molar-refractivity contribution in [2.45, 2.75) is 6.18 Å². The highest BCUT2D eigenvalue weighted by atomic mass is 35.5. The van der Waals surface area contributed by atoms with Crippen molar-refractivity contribution < 1.29 is 22.8 Å². The molecule has 0 saturated carbocycles. The summed E-state index contributed by atoms with van der Waals surface area (Å²) in [5.41, 5.74) is 0.101. The molecule has 32 heavy (non-hydrogen) atoms. The van der Waals surface area contributed by atoms with E-state index in [1.54, 1.807) is 60.5 Å². The number of nitrogens with zero attached hydrogens (tertiary/aromatic N) is 2. The molecule has 0 radical (unpaired) electrons. The van der Waals surface area contributed by atoms with E-state index in [1.165, 1.54) is 12.1 Å². The van der Waals surface area contributed by atoms with Crippen LogP contribution in [-0.2, 0) is 15.8 Å². The molecule has 0 bridgehead atoms. The van der Waals surface area contributed by atoms with Crippen LogP contribution in [0.5, 0.6) is 0 Å². The zero-order chi connectivity index (χ0) is 23.0. The van der Waals surface area contributed by atoms with Gasteiger partial charge in [-0.3, -0.25) is 9.59 Å². The number of carbonyl (C=O) groups excluding carboxylic acids is 2. The molecule has 0 aliphatic carbocycles. The molecule has 1 aliphatic heterocycles. The smallest absolute Gasteiger partial charge is 0.339 e. The molecule has 3 aromatic carbocycles. The van der Waals surface area contributed by atoms with Crippen molar-refractivity contribution >= 4 is 40.4 Å². The quantitative estimate of drug-likeness (QED) is 0.467. The van der Waals surface area contributed by atoms with Crippen LogP contribution in [0.3, 0.4) is 0 Å². The maximum atomic E-state index is 13.4. The van der Waals surface area contributed by atoms with Gasteiger partial charge in [0.05, 0.1) is 16.8 Å². The summed E-state index contributed by atoms with van der Waals surface area (Å²) >= 11 is 5.97. The molecule has 0 atom stereocenters. The number of benzene rings is 3. The Kier molecular flexibility index (Phi) is 5.52. The third-order valence-electron chi connectivity index (χ3n) is 5.10. The van der Waals surface area contributed by atoms with Crippen LogP contribution in [0, 0.1) is 0 Å². The molecule has 2 amide bonds. The highest BCUT2D eigenvalue weighted by Gasteiger charge is 2.43. The second-order valence-corrected chi connectivity index (χ2v) is 7.56. The summed E-state index contributed by atoms with van der Waals surface area (Å²) < 4.78 is 39.7. The van der Waals surface area contributed by atoms with Crippen LogP contribution >= 0.6 is 11.6 Å². The van der Waals surface area contributed by atoms with E-state index in [-0.39, 0.29) is 17.0 Å². The molecule has 1 aliphatic rings. The van der Waals surface area contributed by atoms with Crippen molar-refractivity contribution in [1.82, 2.24) is 0 Å². The molecular weight excluding hydrogens is 441 g/mol. The maximum Gasteiger partial charge on any atom is 0.416 e. The average Bonchev–Trinajstić information content (AvgIpc) is 3.04. The highest BCUT2D eigenvalue weighted by Crippen LogP contribution is 2.38. The Labute approximate surface area is 187 Å². The third kappa shape index (κ3) is 3.87.